The van der Waals surface area contributed by atoms with Crippen molar-refractivity contribution in [3.63, 3.8) is 0 Å². The Bertz CT molecular complexity index is 772. The molecule has 0 saturated heterocycles. The number of hydrogen-bond acceptors (Lipinski definition) is 2. The van der Waals surface area contributed by atoms with Crippen molar-refractivity contribution in [2.75, 3.05) is 11.5 Å². The minimum atomic E-state index is 0.718. The number of hydrogen-bond donors (Lipinski definition) is 2. The molecule has 0 amide bonds. The fraction of sp³-hybridized carbons (Fsp3) is 0.167. The molecular formula is C24H28N2. The lowest BCUT2D eigenvalue weighted by Gasteiger charge is -2.18. The van der Waals surface area contributed by atoms with E-state index in [1.807, 2.05) is 24.3 Å². The van der Waals surface area contributed by atoms with Crippen LogP contribution >= 0.6 is 0 Å². The number of anilines is 2. The fourth-order valence-corrected chi connectivity index (χ4v) is 3.22. The van der Waals surface area contributed by atoms with Crippen molar-refractivity contribution in [3.05, 3.63) is 97.1 Å². The highest BCUT2D eigenvalue weighted by atomic mass is 14.6. The van der Waals surface area contributed by atoms with E-state index in [0.717, 1.165) is 59.3 Å². The zero-order chi connectivity index (χ0) is 19.1. The summed E-state index contributed by atoms with van der Waals surface area (Å²) in [7, 11) is 0. The zero-order valence-electron chi connectivity index (χ0n) is 15.4. The van der Waals surface area contributed by atoms with Gasteiger partial charge in [-0.2, -0.15) is 0 Å². The van der Waals surface area contributed by atoms with Gasteiger partial charge in [-0.1, -0.05) is 36.4 Å². The summed E-state index contributed by atoms with van der Waals surface area (Å²) in [5, 5.41) is 0. The van der Waals surface area contributed by atoms with Gasteiger partial charge in [0, 0.05) is 22.5 Å². The highest BCUT2D eigenvalue weighted by Gasteiger charge is 2.15. The summed E-state index contributed by atoms with van der Waals surface area (Å²) < 4.78 is 0. The van der Waals surface area contributed by atoms with Crippen molar-refractivity contribution in [3.8, 4) is 11.1 Å². The maximum atomic E-state index is 6.51. The minimum absolute atomic E-state index is 0.718. The summed E-state index contributed by atoms with van der Waals surface area (Å²) >= 11 is 0. The normalized spacial score (nSPS) is 10.3. The van der Waals surface area contributed by atoms with Gasteiger partial charge in [0.25, 0.3) is 0 Å². The van der Waals surface area contributed by atoms with E-state index < -0.39 is 0 Å². The standard InChI is InChI=1S/C24H28N2/c1-5-9-17-13-19(11-7-3)23(25)21(15-17)22-16-18(10-6-2)14-20(12-8-4)24(22)26/h5-8,13-16H,1-4,9-12,25-26H2. The molecule has 26 heavy (non-hydrogen) atoms. The Kier molecular flexibility index (Phi) is 6.62. The Morgan fingerprint density at radius 1 is 0.577 bits per heavy atom. The summed E-state index contributed by atoms with van der Waals surface area (Å²) in [5.74, 6) is 0. The van der Waals surface area contributed by atoms with Gasteiger partial charge in [0.2, 0.25) is 0 Å². The van der Waals surface area contributed by atoms with Crippen LogP contribution in [0, 0.1) is 0 Å². The van der Waals surface area contributed by atoms with Gasteiger partial charge in [-0.05, 0) is 60.1 Å². The Morgan fingerprint density at radius 2 is 0.923 bits per heavy atom. The highest BCUT2D eigenvalue weighted by Crippen LogP contribution is 2.37. The van der Waals surface area contributed by atoms with E-state index in [1.165, 1.54) is 11.1 Å². The molecule has 0 saturated carbocycles. The second-order valence-corrected chi connectivity index (χ2v) is 6.40. The smallest absolute Gasteiger partial charge is 0.0430 e. The van der Waals surface area contributed by atoms with Gasteiger partial charge >= 0.3 is 0 Å². The van der Waals surface area contributed by atoms with Crippen LogP contribution in [0.25, 0.3) is 11.1 Å². The van der Waals surface area contributed by atoms with Crippen LogP contribution in [0.3, 0.4) is 0 Å². The molecule has 0 atom stereocenters. The van der Waals surface area contributed by atoms with Crippen LogP contribution in [0.15, 0.2) is 74.9 Å². The summed E-state index contributed by atoms with van der Waals surface area (Å²) in [6.45, 7) is 15.4. The quantitative estimate of drug-likeness (QED) is 0.470. The lowest BCUT2D eigenvalue weighted by Crippen LogP contribution is -2.04. The lowest BCUT2D eigenvalue weighted by molar-refractivity contribution is 1.20. The molecule has 2 aromatic rings. The van der Waals surface area contributed by atoms with Crippen LogP contribution in [0.2, 0.25) is 0 Å². The first-order valence-corrected chi connectivity index (χ1v) is 8.82. The first kappa shape index (κ1) is 19.3. The molecule has 0 radical (unpaired) electrons. The molecule has 0 aliphatic carbocycles. The molecule has 134 valence electrons. The van der Waals surface area contributed by atoms with Crippen molar-refractivity contribution < 1.29 is 0 Å². The molecule has 2 heteroatoms. The molecule has 0 bridgehead atoms. The van der Waals surface area contributed by atoms with Gasteiger partial charge in [0.1, 0.15) is 0 Å². The Hall–Kier alpha value is -3.00. The molecule has 4 N–H and O–H groups in total. The maximum absolute atomic E-state index is 6.51. The number of nitrogen functional groups attached to an aromatic ring is 2. The lowest BCUT2D eigenvalue weighted by atomic mass is 9.90. The van der Waals surface area contributed by atoms with E-state index in [4.69, 9.17) is 11.5 Å². The molecule has 0 aliphatic heterocycles. The second-order valence-electron chi connectivity index (χ2n) is 6.40. The van der Waals surface area contributed by atoms with E-state index in [2.05, 4.69) is 50.6 Å². The monoisotopic (exact) mass is 344 g/mol. The van der Waals surface area contributed by atoms with E-state index in [0.29, 0.717) is 0 Å². The number of allylic oxidation sites excluding steroid dienone is 4. The summed E-state index contributed by atoms with van der Waals surface area (Å²) in [5.41, 5.74) is 20.9. The van der Waals surface area contributed by atoms with Crippen LogP contribution in [-0.2, 0) is 25.7 Å². The zero-order valence-corrected chi connectivity index (χ0v) is 15.4. The topological polar surface area (TPSA) is 52.0 Å². The first-order chi connectivity index (χ1) is 12.5. The van der Waals surface area contributed by atoms with Crippen molar-refractivity contribution in [1.29, 1.82) is 0 Å². The van der Waals surface area contributed by atoms with Crippen LogP contribution in [0.1, 0.15) is 22.3 Å². The third-order valence-corrected chi connectivity index (χ3v) is 4.43. The summed E-state index contributed by atoms with van der Waals surface area (Å²) in [6.07, 6.45) is 10.5. The average Bonchev–Trinajstić information content (AvgIpc) is 2.61. The molecule has 0 unspecified atom stereocenters. The Labute approximate surface area is 157 Å². The maximum Gasteiger partial charge on any atom is 0.0430 e. The minimum Gasteiger partial charge on any atom is -0.398 e. The van der Waals surface area contributed by atoms with Crippen molar-refractivity contribution in [1.82, 2.24) is 0 Å². The average molecular weight is 345 g/mol. The van der Waals surface area contributed by atoms with E-state index >= 15 is 0 Å². The van der Waals surface area contributed by atoms with E-state index in [1.54, 1.807) is 0 Å². The van der Waals surface area contributed by atoms with Crippen molar-refractivity contribution in [2.24, 2.45) is 0 Å². The Morgan fingerprint density at radius 3 is 1.23 bits per heavy atom. The van der Waals surface area contributed by atoms with Gasteiger partial charge in [0.15, 0.2) is 0 Å². The molecule has 0 aromatic heterocycles. The molecule has 0 fully saturated rings. The van der Waals surface area contributed by atoms with Crippen molar-refractivity contribution in [2.45, 2.75) is 25.7 Å². The number of rotatable bonds is 9. The van der Waals surface area contributed by atoms with Crippen LogP contribution < -0.4 is 11.5 Å². The molecule has 2 rings (SSSR count). The molecule has 0 heterocycles. The highest BCUT2D eigenvalue weighted by molar-refractivity contribution is 5.88. The predicted octanol–water partition coefficient (Wildman–Crippen LogP) is 5.43. The van der Waals surface area contributed by atoms with Gasteiger partial charge in [0.05, 0.1) is 0 Å². The number of benzene rings is 2. The third kappa shape index (κ3) is 4.15. The van der Waals surface area contributed by atoms with Crippen molar-refractivity contribution >= 4 is 11.4 Å². The summed E-state index contributed by atoms with van der Waals surface area (Å²) in [4.78, 5) is 0. The van der Waals surface area contributed by atoms with Crippen LogP contribution in [-0.4, -0.2) is 0 Å². The molecular weight excluding hydrogens is 316 g/mol. The van der Waals surface area contributed by atoms with Crippen LogP contribution in [0.4, 0.5) is 11.4 Å². The molecule has 2 nitrogen and oxygen atoms in total. The second kappa shape index (κ2) is 8.91. The molecule has 2 aromatic carbocycles. The Balaban J connectivity index is 2.75. The van der Waals surface area contributed by atoms with Gasteiger partial charge < -0.3 is 11.5 Å². The summed E-state index contributed by atoms with van der Waals surface area (Å²) in [6, 6.07) is 8.47. The first-order valence-electron chi connectivity index (χ1n) is 8.82. The largest absolute Gasteiger partial charge is 0.398 e. The van der Waals surface area contributed by atoms with E-state index in [9.17, 15) is 0 Å². The van der Waals surface area contributed by atoms with Gasteiger partial charge in [-0.15, -0.1) is 26.3 Å². The molecule has 0 spiro atoms. The van der Waals surface area contributed by atoms with Crippen LogP contribution in [0.5, 0.6) is 0 Å². The van der Waals surface area contributed by atoms with Gasteiger partial charge in [-0.25, -0.2) is 0 Å². The number of nitrogens with two attached hydrogens (primary N) is 2. The van der Waals surface area contributed by atoms with E-state index in [-0.39, 0.29) is 0 Å². The molecule has 0 aliphatic rings. The van der Waals surface area contributed by atoms with Gasteiger partial charge in [-0.3, -0.25) is 0 Å². The third-order valence-electron chi connectivity index (χ3n) is 4.43. The SMILES string of the molecule is C=CCc1cc(CC=C)c(N)c(-c2cc(CC=C)cc(CC=C)c2N)c1. The predicted molar refractivity (Wildman–Crippen MR) is 116 cm³/mol. The fourth-order valence-electron chi connectivity index (χ4n) is 3.22.